The number of aromatic nitrogens is 1. The molecule has 1 aliphatic carbocycles. The van der Waals surface area contributed by atoms with E-state index in [0.717, 1.165) is 12.8 Å². The molecule has 0 bridgehead atoms. The fourth-order valence-corrected chi connectivity index (χ4v) is 4.22. The topological polar surface area (TPSA) is 88.0 Å². The number of nitrogens with one attached hydrogen (secondary N) is 2. The molecule has 2 amide bonds. The molecule has 122 valence electrons. The molecule has 1 aliphatic rings. The fourth-order valence-electron chi connectivity index (χ4n) is 4.22. The van der Waals surface area contributed by atoms with Crippen LogP contribution in [0.15, 0.2) is 12.3 Å². The molecule has 5 nitrogen and oxygen atoms in total. The summed E-state index contributed by atoms with van der Waals surface area (Å²) in [5.74, 6) is -0.243. The molecule has 0 saturated heterocycles. The van der Waals surface area contributed by atoms with Gasteiger partial charge in [-0.15, -0.1) is 0 Å². The lowest BCUT2D eigenvalue weighted by atomic mass is 9.61. The molecule has 22 heavy (non-hydrogen) atoms. The Kier molecular flexibility index (Phi) is 4.36. The molecule has 1 aromatic heterocycles. The van der Waals surface area contributed by atoms with Crippen LogP contribution >= 0.6 is 0 Å². The highest BCUT2D eigenvalue weighted by atomic mass is 16.2. The Hall–Kier alpha value is -1.78. The maximum absolute atomic E-state index is 12.2. The molecule has 1 heterocycles. The third-order valence-corrected chi connectivity index (χ3v) is 4.40. The van der Waals surface area contributed by atoms with Gasteiger partial charge in [-0.05, 0) is 42.1 Å². The third kappa shape index (κ3) is 4.12. The largest absolute Gasteiger partial charge is 0.366 e. The van der Waals surface area contributed by atoms with Crippen molar-refractivity contribution in [2.75, 3.05) is 6.54 Å². The van der Waals surface area contributed by atoms with Crippen LogP contribution in [0.5, 0.6) is 0 Å². The van der Waals surface area contributed by atoms with Crippen LogP contribution in [0.3, 0.4) is 0 Å². The van der Waals surface area contributed by atoms with Crippen LogP contribution in [0.4, 0.5) is 0 Å². The van der Waals surface area contributed by atoms with Gasteiger partial charge in [-0.3, -0.25) is 9.59 Å². The minimum atomic E-state index is -0.536. The minimum Gasteiger partial charge on any atom is -0.366 e. The Morgan fingerprint density at radius 2 is 1.86 bits per heavy atom. The maximum atomic E-state index is 12.2. The lowest BCUT2D eigenvalue weighted by molar-refractivity contribution is 0.0641. The van der Waals surface area contributed by atoms with Crippen LogP contribution in [-0.2, 0) is 0 Å². The van der Waals surface area contributed by atoms with Gasteiger partial charge in [0.2, 0.25) is 5.91 Å². The van der Waals surface area contributed by atoms with Gasteiger partial charge in [0.05, 0.1) is 5.56 Å². The molecule has 1 aromatic rings. The maximum Gasteiger partial charge on any atom is 0.267 e. The summed E-state index contributed by atoms with van der Waals surface area (Å²) in [5, 5.41) is 2.97. The first-order chi connectivity index (χ1) is 10.1. The first-order valence-electron chi connectivity index (χ1n) is 7.84. The smallest absolute Gasteiger partial charge is 0.267 e. The highest BCUT2D eigenvalue weighted by Gasteiger charge is 2.38. The molecule has 0 radical (unpaired) electrons. The monoisotopic (exact) mass is 305 g/mol. The fraction of sp³-hybridized carbons (Fsp3) is 0.647. The number of nitrogens with two attached hydrogens (primary N) is 1. The number of amides is 2. The molecule has 2 rings (SSSR count). The number of aromatic amines is 1. The highest BCUT2D eigenvalue weighted by Crippen LogP contribution is 2.48. The lowest BCUT2D eigenvalue weighted by Gasteiger charge is -2.45. The summed E-state index contributed by atoms with van der Waals surface area (Å²) in [4.78, 5) is 26.0. The number of primary amides is 1. The van der Waals surface area contributed by atoms with Crippen LogP contribution in [0.1, 0.15) is 67.8 Å². The molecular weight excluding hydrogens is 278 g/mol. The van der Waals surface area contributed by atoms with Gasteiger partial charge in [-0.25, -0.2) is 0 Å². The Morgan fingerprint density at radius 3 is 2.36 bits per heavy atom. The Labute approximate surface area is 132 Å². The van der Waals surface area contributed by atoms with E-state index in [1.165, 1.54) is 18.7 Å². The van der Waals surface area contributed by atoms with Gasteiger partial charge in [0.15, 0.2) is 0 Å². The van der Waals surface area contributed by atoms with Gasteiger partial charge in [0.25, 0.3) is 5.91 Å². The van der Waals surface area contributed by atoms with Crippen molar-refractivity contribution in [2.45, 2.75) is 47.0 Å². The van der Waals surface area contributed by atoms with E-state index in [-0.39, 0.29) is 5.91 Å². The summed E-state index contributed by atoms with van der Waals surface area (Å²) >= 11 is 0. The first kappa shape index (κ1) is 16.6. The van der Waals surface area contributed by atoms with Crippen molar-refractivity contribution in [1.82, 2.24) is 10.3 Å². The van der Waals surface area contributed by atoms with Crippen molar-refractivity contribution in [2.24, 2.45) is 22.5 Å². The zero-order valence-electron chi connectivity index (χ0n) is 14.0. The SMILES string of the molecule is CC1(C)CC(CNC(=O)c2cc(C(N)=O)c[nH]2)CC(C)(C)C1. The Morgan fingerprint density at radius 1 is 1.27 bits per heavy atom. The van der Waals surface area contributed by atoms with Crippen molar-refractivity contribution in [3.63, 3.8) is 0 Å². The minimum absolute atomic E-state index is 0.186. The van der Waals surface area contributed by atoms with Crippen LogP contribution in [0.2, 0.25) is 0 Å². The van der Waals surface area contributed by atoms with Crippen molar-refractivity contribution < 1.29 is 9.59 Å². The average molecular weight is 305 g/mol. The average Bonchev–Trinajstić information content (AvgIpc) is 2.81. The van der Waals surface area contributed by atoms with Gasteiger partial charge in [-0.1, -0.05) is 27.7 Å². The molecular formula is C17H27N3O2. The molecule has 1 saturated carbocycles. The van der Waals surface area contributed by atoms with E-state index in [0.29, 0.717) is 34.6 Å². The molecule has 0 unspecified atom stereocenters. The normalized spacial score (nSPS) is 20.5. The van der Waals surface area contributed by atoms with E-state index in [9.17, 15) is 9.59 Å². The number of hydrogen-bond donors (Lipinski definition) is 3. The van der Waals surface area contributed by atoms with Gasteiger partial charge in [0.1, 0.15) is 5.69 Å². The van der Waals surface area contributed by atoms with Crippen molar-refractivity contribution in [1.29, 1.82) is 0 Å². The predicted octanol–water partition coefficient (Wildman–Crippen LogP) is 2.70. The number of carbonyl (C=O) groups excluding carboxylic acids is 2. The van der Waals surface area contributed by atoms with Gasteiger partial charge in [-0.2, -0.15) is 0 Å². The summed E-state index contributed by atoms with van der Waals surface area (Å²) in [6.45, 7) is 9.86. The van der Waals surface area contributed by atoms with Crippen LogP contribution in [0.25, 0.3) is 0 Å². The van der Waals surface area contributed by atoms with E-state index in [4.69, 9.17) is 5.73 Å². The molecule has 0 aromatic carbocycles. The number of rotatable bonds is 4. The molecule has 0 spiro atoms. The van der Waals surface area contributed by atoms with Crippen molar-refractivity contribution in [3.8, 4) is 0 Å². The number of carbonyl (C=O) groups is 2. The molecule has 5 heteroatoms. The Bertz CT molecular complexity index is 556. The summed E-state index contributed by atoms with van der Waals surface area (Å²) < 4.78 is 0. The lowest BCUT2D eigenvalue weighted by Crippen LogP contribution is -2.39. The van der Waals surface area contributed by atoms with Gasteiger partial charge in [0, 0.05) is 12.7 Å². The van der Waals surface area contributed by atoms with E-state index in [1.54, 1.807) is 0 Å². The molecule has 0 aliphatic heterocycles. The van der Waals surface area contributed by atoms with Crippen molar-refractivity contribution in [3.05, 3.63) is 23.5 Å². The quantitative estimate of drug-likeness (QED) is 0.798. The summed E-state index contributed by atoms with van der Waals surface area (Å²) in [5.41, 5.74) is 6.51. The molecule has 0 atom stereocenters. The standard InChI is InChI=1S/C17H27N3O2/c1-16(2)6-11(7-17(3,4)10-16)8-20-15(22)13-5-12(9-19-13)14(18)21/h5,9,11,19H,6-8,10H2,1-4H3,(H2,18,21)(H,20,22). The predicted molar refractivity (Wildman–Crippen MR) is 86.5 cm³/mol. The highest BCUT2D eigenvalue weighted by molar-refractivity contribution is 5.98. The molecule has 1 fully saturated rings. The van der Waals surface area contributed by atoms with Crippen LogP contribution in [0, 0.1) is 16.7 Å². The van der Waals surface area contributed by atoms with E-state index < -0.39 is 5.91 Å². The van der Waals surface area contributed by atoms with E-state index >= 15 is 0 Å². The summed E-state index contributed by atoms with van der Waals surface area (Å²) in [6, 6.07) is 1.49. The van der Waals surface area contributed by atoms with Crippen LogP contribution < -0.4 is 11.1 Å². The van der Waals surface area contributed by atoms with Gasteiger partial charge < -0.3 is 16.0 Å². The first-order valence-corrected chi connectivity index (χ1v) is 7.84. The van der Waals surface area contributed by atoms with E-state index in [2.05, 4.69) is 38.0 Å². The molecule has 4 N–H and O–H groups in total. The van der Waals surface area contributed by atoms with Crippen LogP contribution in [-0.4, -0.2) is 23.3 Å². The zero-order valence-corrected chi connectivity index (χ0v) is 14.0. The van der Waals surface area contributed by atoms with E-state index in [1.807, 2.05) is 0 Å². The number of H-pyrrole nitrogens is 1. The third-order valence-electron chi connectivity index (χ3n) is 4.40. The second-order valence-electron chi connectivity index (χ2n) is 8.16. The summed E-state index contributed by atoms with van der Waals surface area (Å²) in [6.07, 6.45) is 4.91. The van der Waals surface area contributed by atoms with Crippen molar-refractivity contribution >= 4 is 11.8 Å². The second kappa shape index (κ2) is 5.78. The second-order valence-corrected chi connectivity index (χ2v) is 8.16. The summed E-state index contributed by atoms with van der Waals surface area (Å²) in [7, 11) is 0. The van der Waals surface area contributed by atoms with Gasteiger partial charge >= 0.3 is 0 Å². The Balaban J connectivity index is 1.94. The number of hydrogen-bond acceptors (Lipinski definition) is 2. The zero-order chi connectivity index (χ0) is 16.5.